The molecular formula is C18H27ClN4O2. The summed E-state index contributed by atoms with van der Waals surface area (Å²) in [6, 6.07) is 8.06. The quantitative estimate of drug-likeness (QED) is 0.405. The van der Waals surface area contributed by atoms with Crippen LogP contribution in [0.25, 0.3) is 5.57 Å². The van der Waals surface area contributed by atoms with Gasteiger partial charge in [0.2, 0.25) is 0 Å². The van der Waals surface area contributed by atoms with Crippen molar-refractivity contribution >= 4 is 22.9 Å². The van der Waals surface area contributed by atoms with E-state index in [9.17, 15) is 0 Å². The minimum absolute atomic E-state index is 0.127. The summed E-state index contributed by atoms with van der Waals surface area (Å²) in [4.78, 5) is 2.35. The van der Waals surface area contributed by atoms with E-state index in [0.717, 1.165) is 37.2 Å². The summed E-state index contributed by atoms with van der Waals surface area (Å²) in [7, 11) is 3.38. The number of allylic oxidation sites excluding steroid dienone is 2. The summed E-state index contributed by atoms with van der Waals surface area (Å²) in [6.07, 6.45) is 3.49. The first kappa shape index (κ1) is 19.4. The molecule has 2 rings (SSSR count). The summed E-state index contributed by atoms with van der Waals surface area (Å²) in [5.74, 6) is 0.608. The van der Waals surface area contributed by atoms with Crippen LogP contribution in [0.15, 0.2) is 41.3 Å². The van der Waals surface area contributed by atoms with Crippen LogP contribution in [-0.4, -0.2) is 33.6 Å². The zero-order valence-electron chi connectivity index (χ0n) is 14.7. The Hall–Kier alpha value is -1.89. The van der Waals surface area contributed by atoms with Gasteiger partial charge >= 0.3 is 0 Å². The lowest BCUT2D eigenvalue weighted by atomic mass is 9.95. The molecule has 1 heterocycles. The molecule has 0 saturated carbocycles. The van der Waals surface area contributed by atoms with Gasteiger partial charge in [-0.25, -0.2) is 0 Å². The van der Waals surface area contributed by atoms with Crippen molar-refractivity contribution < 1.29 is 9.47 Å². The maximum Gasteiger partial charge on any atom is 0.159 e. The highest BCUT2D eigenvalue weighted by Crippen LogP contribution is 2.28. The van der Waals surface area contributed by atoms with Crippen LogP contribution in [0.3, 0.4) is 0 Å². The highest BCUT2D eigenvalue weighted by Gasteiger charge is 2.26. The van der Waals surface area contributed by atoms with Crippen LogP contribution in [0.4, 0.5) is 5.69 Å². The number of halogens is 1. The molecule has 1 aromatic carbocycles. The molecule has 0 unspecified atom stereocenters. The summed E-state index contributed by atoms with van der Waals surface area (Å²) in [6.45, 7) is 1.92. The standard InChI is InChI=1S/C18H27ClN4O2/c1-24-18(25-2)13-7-9-23(10-8-13)14-5-3-12(4-6-14)15(17(21)22)11-16(19)20/h3-6,11,13,18H,7-10,20-22H2,1-2H3/b16-11-. The molecule has 1 aliphatic rings. The van der Waals surface area contributed by atoms with Crippen LogP contribution in [0, 0.1) is 5.92 Å². The topological polar surface area (TPSA) is 99.8 Å². The number of methoxy groups -OCH3 is 2. The molecular weight excluding hydrogens is 340 g/mol. The van der Waals surface area contributed by atoms with E-state index in [4.69, 9.17) is 38.3 Å². The third-order valence-corrected chi connectivity index (χ3v) is 4.63. The monoisotopic (exact) mass is 366 g/mol. The molecule has 1 aliphatic heterocycles. The number of piperidine rings is 1. The van der Waals surface area contributed by atoms with Gasteiger partial charge in [-0.15, -0.1) is 0 Å². The Bertz CT molecular complexity index is 610. The van der Waals surface area contributed by atoms with E-state index in [1.807, 2.05) is 12.1 Å². The first-order valence-electron chi connectivity index (χ1n) is 8.25. The van der Waals surface area contributed by atoms with Crippen molar-refractivity contribution in [3.05, 3.63) is 46.9 Å². The Morgan fingerprint density at radius 2 is 1.68 bits per heavy atom. The molecule has 25 heavy (non-hydrogen) atoms. The Labute approximate surface area is 154 Å². The second-order valence-corrected chi connectivity index (χ2v) is 6.55. The smallest absolute Gasteiger partial charge is 0.159 e. The number of ether oxygens (including phenoxy) is 2. The third kappa shape index (κ3) is 5.04. The fourth-order valence-electron chi connectivity index (χ4n) is 3.23. The second-order valence-electron chi connectivity index (χ2n) is 6.11. The normalized spacial score (nSPS) is 16.3. The molecule has 0 aromatic heterocycles. The average molecular weight is 367 g/mol. The van der Waals surface area contributed by atoms with Crippen LogP contribution >= 0.6 is 11.6 Å². The van der Waals surface area contributed by atoms with E-state index in [0.29, 0.717) is 11.5 Å². The molecule has 138 valence electrons. The Balaban J connectivity index is 2.06. The van der Waals surface area contributed by atoms with Crippen LogP contribution in [-0.2, 0) is 9.47 Å². The molecule has 0 bridgehead atoms. The van der Waals surface area contributed by atoms with Gasteiger partial charge in [0.25, 0.3) is 0 Å². The van der Waals surface area contributed by atoms with Crippen molar-refractivity contribution in [2.24, 2.45) is 23.1 Å². The summed E-state index contributed by atoms with van der Waals surface area (Å²) >= 11 is 5.75. The molecule has 0 amide bonds. The molecule has 6 nitrogen and oxygen atoms in total. The predicted molar refractivity (Wildman–Crippen MR) is 103 cm³/mol. The molecule has 1 aromatic rings. The van der Waals surface area contributed by atoms with Crippen LogP contribution in [0.5, 0.6) is 0 Å². The van der Waals surface area contributed by atoms with Gasteiger partial charge < -0.3 is 31.6 Å². The number of rotatable bonds is 6. The highest BCUT2D eigenvalue weighted by molar-refractivity contribution is 6.29. The highest BCUT2D eigenvalue weighted by atomic mass is 35.5. The van der Waals surface area contributed by atoms with Crippen molar-refractivity contribution in [1.29, 1.82) is 0 Å². The molecule has 0 atom stereocenters. The maximum absolute atomic E-state index is 5.75. The van der Waals surface area contributed by atoms with E-state index < -0.39 is 0 Å². The minimum atomic E-state index is -0.127. The van der Waals surface area contributed by atoms with E-state index in [2.05, 4.69) is 17.0 Å². The van der Waals surface area contributed by atoms with Crippen LogP contribution in [0.2, 0.25) is 0 Å². The lowest BCUT2D eigenvalue weighted by Gasteiger charge is -2.36. The number of benzene rings is 1. The maximum atomic E-state index is 5.75. The lowest BCUT2D eigenvalue weighted by Crippen LogP contribution is -2.39. The number of hydrogen-bond donors (Lipinski definition) is 3. The second kappa shape index (κ2) is 8.99. The van der Waals surface area contributed by atoms with Crippen molar-refractivity contribution in [3.8, 4) is 0 Å². The number of nitrogens with two attached hydrogens (primary N) is 3. The third-order valence-electron chi connectivity index (χ3n) is 4.53. The van der Waals surface area contributed by atoms with Crippen LogP contribution in [0.1, 0.15) is 18.4 Å². The molecule has 0 aliphatic carbocycles. The van der Waals surface area contributed by atoms with Gasteiger partial charge in [0.15, 0.2) is 6.29 Å². The molecule has 7 heteroatoms. The Morgan fingerprint density at radius 1 is 1.12 bits per heavy atom. The van der Waals surface area contributed by atoms with Gasteiger partial charge in [0, 0.05) is 44.5 Å². The Morgan fingerprint density at radius 3 is 2.12 bits per heavy atom. The lowest BCUT2D eigenvalue weighted by molar-refractivity contribution is -0.141. The zero-order valence-corrected chi connectivity index (χ0v) is 15.5. The van der Waals surface area contributed by atoms with E-state index >= 15 is 0 Å². The average Bonchev–Trinajstić information content (AvgIpc) is 2.61. The molecule has 0 spiro atoms. The van der Waals surface area contributed by atoms with E-state index in [1.165, 1.54) is 0 Å². The molecule has 1 fully saturated rings. The summed E-state index contributed by atoms with van der Waals surface area (Å²) < 4.78 is 10.8. The first-order valence-corrected chi connectivity index (χ1v) is 8.63. The first-order chi connectivity index (χ1) is 12.0. The summed E-state index contributed by atoms with van der Waals surface area (Å²) in [5.41, 5.74) is 19.7. The number of nitrogens with zero attached hydrogens (tertiary/aromatic N) is 1. The van der Waals surface area contributed by atoms with Gasteiger partial charge in [-0.2, -0.15) is 0 Å². The zero-order chi connectivity index (χ0) is 18.4. The van der Waals surface area contributed by atoms with Gasteiger partial charge in [-0.3, -0.25) is 0 Å². The van der Waals surface area contributed by atoms with E-state index in [1.54, 1.807) is 20.3 Å². The fourth-order valence-corrected chi connectivity index (χ4v) is 3.34. The van der Waals surface area contributed by atoms with Crippen LogP contribution < -0.4 is 22.1 Å². The van der Waals surface area contributed by atoms with Crippen molar-refractivity contribution in [1.82, 2.24) is 0 Å². The summed E-state index contributed by atoms with van der Waals surface area (Å²) in [5, 5.41) is 0.139. The minimum Gasteiger partial charge on any atom is -0.389 e. The largest absolute Gasteiger partial charge is 0.389 e. The van der Waals surface area contributed by atoms with Gasteiger partial charge in [-0.1, -0.05) is 23.7 Å². The molecule has 6 N–H and O–H groups in total. The fraction of sp³-hybridized carbons (Fsp3) is 0.444. The molecule has 0 radical (unpaired) electrons. The predicted octanol–water partition coefficient (Wildman–Crippen LogP) is 2.15. The molecule has 1 saturated heterocycles. The van der Waals surface area contributed by atoms with Crippen molar-refractivity contribution in [2.45, 2.75) is 19.1 Å². The number of anilines is 1. The Kier molecular flexibility index (Phi) is 6.99. The van der Waals surface area contributed by atoms with Crippen molar-refractivity contribution in [2.75, 3.05) is 32.2 Å². The van der Waals surface area contributed by atoms with Crippen molar-refractivity contribution in [3.63, 3.8) is 0 Å². The van der Waals surface area contributed by atoms with Gasteiger partial charge in [0.05, 0.1) is 5.16 Å². The van der Waals surface area contributed by atoms with Gasteiger partial charge in [0.1, 0.15) is 5.82 Å². The SMILES string of the molecule is COC(OC)C1CCN(c2ccc(C(/C=C(\N)Cl)=C(N)N)cc2)CC1. The number of hydrogen-bond acceptors (Lipinski definition) is 6. The van der Waals surface area contributed by atoms with E-state index in [-0.39, 0.29) is 17.3 Å². The van der Waals surface area contributed by atoms with Gasteiger partial charge in [-0.05, 0) is 36.6 Å².